The lowest BCUT2D eigenvalue weighted by Crippen LogP contribution is -2.57. The number of carbonyl (C=O) groups excluding carboxylic acids is 3. The van der Waals surface area contributed by atoms with Crippen LogP contribution < -0.4 is 21.7 Å². The Morgan fingerprint density at radius 3 is 2.23 bits per heavy atom. The standard InChI is InChI=1S/C23H31N5O7/c1-12(2)7-17(22(34)26-11-20(31)32)28-23(35)18(9-19(29)30)27-21(33)15(24)8-13-10-25-16-6-4-3-5-14(13)16/h3-6,10,12,15,17-18,25H,7-9,11,24H2,1-2H3,(H,26,34)(H,27,33)(H,28,35)(H,29,30)(H,31,32). The zero-order chi connectivity index (χ0) is 26.1. The van der Waals surface area contributed by atoms with Crippen LogP contribution >= 0.6 is 0 Å². The molecule has 0 aliphatic rings. The second kappa shape index (κ2) is 12.5. The number of nitrogens with one attached hydrogen (secondary N) is 4. The molecule has 1 heterocycles. The Kier molecular flexibility index (Phi) is 9.76. The second-order valence-electron chi connectivity index (χ2n) is 8.63. The Balaban J connectivity index is 2.09. The van der Waals surface area contributed by atoms with Crippen LogP contribution in [0.3, 0.4) is 0 Å². The summed E-state index contributed by atoms with van der Waals surface area (Å²) in [6, 6.07) is 3.78. The highest BCUT2D eigenvalue weighted by molar-refractivity contribution is 5.95. The molecule has 8 N–H and O–H groups in total. The summed E-state index contributed by atoms with van der Waals surface area (Å²) >= 11 is 0. The van der Waals surface area contributed by atoms with Crippen molar-refractivity contribution in [1.29, 1.82) is 0 Å². The Morgan fingerprint density at radius 1 is 0.943 bits per heavy atom. The molecule has 0 aliphatic carbocycles. The van der Waals surface area contributed by atoms with E-state index in [1.165, 1.54) is 0 Å². The maximum atomic E-state index is 12.8. The first kappa shape index (κ1) is 27.3. The van der Waals surface area contributed by atoms with Gasteiger partial charge in [0.25, 0.3) is 0 Å². The number of fused-ring (bicyclic) bond motifs is 1. The zero-order valence-corrected chi connectivity index (χ0v) is 19.5. The molecule has 2 rings (SSSR count). The lowest BCUT2D eigenvalue weighted by Gasteiger charge is -2.24. The monoisotopic (exact) mass is 489 g/mol. The maximum Gasteiger partial charge on any atom is 0.322 e. The van der Waals surface area contributed by atoms with Crippen molar-refractivity contribution < 1.29 is 34.2 Å². The number of carboxylic acid groups (broad SMARTS) is 2. The van der Waals surface area contributed by atoms with Crippen molar-refractivity contribution in [2.45, 2.75) is 51.2 Å². The highest BCUT2D eigenvalue weighted by atomic mass is 16.4. The van der Waals surface area contributed by atoms with Gasteiger partial charge in [-0.1, -0.05) is 32.0 Å². The lowest BCUT2D eigenvalue weighted by atomic mass is 10.0. The second-order valence-corrected chi connectivity index (χ2v) is 8.63. The molecule has 3 unspecified atom stereocenters. The predicted octanol–water partition coefficient (Wildman–Crippen LogP) is -0.271. The summed E-state index contributed by atoms with van der Waals surface area (Å²) in [5, 5.41) is 25.9. The van der Waals surface area contributed by atoms with Gasteiger partial charge in [0, 0.05) is 17.1 Å². The minimum atomic E-state index is -1.49. The van der Waals surface area contributed by atoms with Crippen LogP contribution in [0.5, 0.6) is 0 Å². The van der Waals surface area contributed by atoms with E-state index in [9.17, 15) is 29.1 Å². The van der Waals surface area contributed by atoms with Crippen molar-refractivity contribution in [3.05, 3.63) is 36.0 Å². The molecule has 3 atom stereocenters. The molecule has 35 heavy (non-hydrogen) atoms. The van der Waals surface area contributed by atoms with Gasteiger partial charge in [0.2, 0.25) is 17.7 Å². The number of aromatic nitrogens is 1. The van der Waals surface area contributed by atoms with Crippen LogP contribution in [-0.2, 0) is 30.4 Å². The fourth-order valence-corrected chi connectivity index (χ4v) is 3.55. The summed E-state index contributed by atoms with van der Waals surface area (Å²) in [5.41, 5.74) is 7.69. The quantitative estimate of drug-likeness (QED) is 0.199. The Hall–Kier alpha value is -3.93. The smallest absolute Gasteiger partial charge is 0.322 e. The molecule has 0 spiro atoms. The van der Waals surface area contributed by atoms with E-state index in [1.54, 1.807) is 20.0 Å². The molecule has 1 aromatic carbocycles. The van der Waals surface area contributed by atoms with Gasteiger partial charge in [-0.25, -0.2) is 0 Å². The third kappa shape index (κ3) is 8.41. The lowest BCUT2D eigenvalue weighted by molar-refractivity contribution is -0.141. The first-order valence-electron chi connectivity index (χ1n) is 11.1. The summed E-state index contributed by atoms with van der Waals surface area (Å²) in [6.07, 6.45) is 1.31. The molecule has 0 saturated heterocycles. The van der Waals surface area contributed by atoms with E-state index in [0.717, 1.165) is 16.5 Å². The van der Waals surface area contributed by atoms with Crippen molar-refractivity contribution in [2.75, 3.05) is 6.54 Å². The topological polar surface area (TPSA) is 204 Å². The van der Waals surface area contributed by atoms with Gasteiger partial charge >= 0.3 is 11.9 Å². The average molecular weight is 490 g/mol. The summed E-state index contributed by atoms with van der Waals surface area (Å²) in [7, 11) is 0. The number of carboxylic acids is 2. The first-order valence-corrected chi connectivity index (χ1v) is 11.1. The van der Waals surface area contributed by atoms with E-state index in [1.807, 2.05) is 24.3 Å². The van der Waals surface area contributed by atoms with E-state index in [4.69, 9.17) is 10.8 Å². The first-order chi connectivity index (χ1) is 16.5. The van der Waals surface area contributed by atoms with Crippen LogP contribution in [0, 0.1) is 5.92 Å². The summed E-state index contributed by atoms with van der Waals surface area (Å²) in [4.78, 5) is 63.1. The fourth-order valence-electron chi connectivity index (χ4n) is 3.55. The number of hydrogen-bond acceptors (Lipinski definition) is 6. The highest BCUT2D eigenvalue weighted by Crippen LogP contribution is 2.18. The largest absolute Gasteiger partial charge is 0.481 e. The van der Waals surface area contributed by atoms with Crippen LogP contribution in [0.25, 0.3) is 10.9 Å². The Labute approximate surface area is 201 Å². The summed E-state index contributed by atoms with van der Waals surface area (Å²) < 4.78 is 0. The van der Waals surface area contributed by atoms with Gasteiger partial charge in [-0.15, -0.1) is 0 Å². The molecule has 1 aromatic heterocycles. The van der Waals surface area contributed by atoms with Gasteiger partial charge in [0.05, 0.1) is 12.5 Å². The number of H-pyrrole nitrogens is 1. The molecule has 12 heteroatoms. The van der Waals surface area contributed by atoms with Crippen molar-refractivity contribution >= 4 is 40.6 Å². The maximum absolute atomic E-state index is 12.8. The van der Waals surface area contributed by atoms with Gasteiger partial charge in [0.1, 0.15) is 18.6 Å². The van der Waals surface area contributed by atoms with Crippen LogP contribution in [0.15, 0.2) is 30.5 Å². The number of hydrogen-bond donors (Lipinski definition) is 7. The van der Waals surface area contributed by atoms with Crippen molar-refractivity contribution in [3.8, 4) is 0 Å². The molecular formula is C23H31N5O7. The third-order valence-corrected chi connectivity index (χ3v) is 5.22. The van der Waals surface area contributed by atoms with Crippen LogP contribution in [0.2, 0.25) is 0 Å². The van der Waals surface area contributed by atoms with Crippen molar-refractivity contribution in [2.24, 2.45) is 11.7 Å². The Morgan fingerprint density at radius 2 is 1.60 bits per heavy atom. The normalized spacial score (nSPS) is 13.6. The molecule has 2 aromatic rings. The summed E-state index contributed by atoms with van der Waals surface area (Å²) in [6.45, 7) is 2.95. The van der Waals surface area contributed by atoms with Gasteiger partial charge in [-0.3, -0.25) is 24.0 Å². The number of nitrogens with two attached hydrogens (primary N) is 1. The molecule has 0 fully saturated rings. The van der Waals surface area contributed by atoms with E-state index in [2.05, 4.69) is 20.9 Å². The minimum absolute atomic E-state index is 0.0482. The number of aliphatic carboxylic acids is 2. The number of aromatic amines is 1. The van der Waals surface area contributed by atoms with Crippen molar-refractivity contribution in [1.82, 2.24) is 20.9 Å². The molecule has 0 saturated carbocycles. The number of carbonyl (C=O) groups is 5. The van der Waals surface area contributed by atoms with Gasteiger partial charge in [-0.05, 0) is 30.4 Å². The molecule has 0 radical (unpaired) electrons. The SMILES string of the molecule is CC(C)CC(NC(=O)C(CC(=O)O)NC(=O)C(N)Cc1c[nH]c2ccccc12)C(=O)NCC(=O)O. The third-order valence-electron chi connectivity index (χ3n) is 5.22. The van der Waals surface area contributed by atoms with Gasteiger partial charge < -0.3 is 36.9 Å². The molecule has 0 bridgehead atoms. The molecule has 0 aliphatic heterocycles. The fraction of sp³-hybridized carbons (Fsp3) is 0.435. The number of amides is 3. The minimum Gasteiger partial charge on any atom is -0.481 e. The van der Waals surface area contributed by atoms with E-state index < -0.39 is 60.8 Å². The number of rotatable bonds is 13. The molecule has 12 nitrogen and oxygen atoms in total. The molecule has 3 amide bonds. The predicted molar refractivity (Wildman–Crippen MR) is 126 cm³/mol. The van der Waals surface area contributed by atoms with E-state index >= 15 is 0 Å². The highest BCUT2D eigenvalue weighted by Gasteiger charge is 2.30. The summed E-state index contributed by atoms with van der Waals surface area (Å²) in [5.74, 6) is -5.00. The van der Waals surface area contributed by atoms with Crippen LogP contribution in [0.1, 0.15) is 32.3 Å². The number of benzene rings is 1. The van der Waals surface area contributed by atoms with E-state index in [-0.39, 0.29) is 18.8 Å². The molecule has 190 valence electrons. The Bertz CT molecular complexity index is 1080. The van der Waals surface area contributed by atoms with Crippen LogP contribution in [-0.4, -0.2) is 69.5 Å². The number of para-hydroxylation sites is 1. The zero-order valence-electron chi connectivity index (χ0n) is 19.5. The van der Waals surface area contributed by atoms with Crippen LogP contribution in [0.4, 0.5) is 0 Å². The van der Waals surface area contributed by atoms with E-state index in [0.29, 0.717) is 0 Å². The van der Waals surface area contributed by atoms with Crippen molar-refractivity contribution in [3.63, 3.8) is 0 Å². The molecular weight excluding hydrogens is 458 g/mol. The van der Waals surface area contributed by atoms with Gasteiger partial charge in [-0.2, -0.15) is 0 Å². The average Bonchev–Trinajstić information content (AvgIpc) is 3.18. The van der Waals surface area contributed by atoms with Gasteiger partial charge in [0.15, 0.2) is 0 Å².